The first-order chi connectivity index (χ1) is 16.7. The summed E-state index contributed by atoms with van der Waals surface area (Å²) < 4.78 is 39.3. The highest BCUT2D eigenvalue weighted by Gasteiger charge is 2.19. The largest absolute Gasteiger partial charge is 0.497 e. The summed E-state index contributed by atoms with van der Waals surface area (Å²) in [6, 6.07) is 30.8. The van der Waals surface area contributed by atoms with Gasteiger partial charge in [0.2, 0.25) is 21.1 Å². The minimum Gasteiger partial charge on any atom is -0.497 e. The van der Waals surface area contributed by atoms with Crippen LogP contribution in [0.4, 0.5) is 0 Å². The van der Waals surface area contributed by atoms with Gasteiger partial charge < -0.3 is 4.74 Å². The van der Waals surface area contributed by atoms with Gasteiger partial charge in [0.25, 0.3) is 0 Å². The number of aryl methyl sites for hydroxylation is 2. The molecular formula is C28H27ClO5S. The van der Waals surface area contributed by atoms with E-state index in [2.05, 4.69) is 86.6 Å². The highest BCUT2D eigenvalue weighted by molar-refractivity contribution is 7.18. The van der Waals surface area contributed by atoms with E-state index in [-0.39, 0.29) is 0 Å². The third kappa shape index (κ3) is 8.11. The Balaban J connectivity index is 0.000000623. The molecule has 0 unspecified atom stereocenters. The average molecular weight is 511 g/mol. The van der Waals surface area contributed by atoms with Crippen LogP contribution in [0.5, 0.6) is 5.75 Å². The van der Waals surface area contributed by atoms with E-state index in [0.717, 1.165) is 18.6 Å². The fourth-order valence-corrected chi connectivity index (χ4v) is 4.66. The molecule has 4 rings (SSSR count). The number of halogens is 1. The fraction of sp³-hybridized carbons (Fsp3) is 0.179. The van der Waals surface area contributed by atoms with Crippen LogP contribution in [0.3, 0.4) is 0 Å². The number of methoxy groups -OCH3 is 1. The summed E-state index contributed by atoms with van der Waals surface area (Å²) in [5.74, 6) is 0.878. The summed E-state index contributed by atoms with van der Waals surface area (Å²) in [6.07, 6.45) is 2.12. The summed E-state index contributed by atoms with van der Waals surface area (Å²) >= 11 is 1.85. The van der Waals surface area contributed by atoms with E-state index in [9.17, 15) is 0 Å². The third-order valence-corrected chi connectivity index (χ3v) is 6.66. The van der Waals surface area contributed by atoms with Crippen molar-refractivity contribution in [3.05, 3.63) is 96.1 Å². The Hall–Kier alpha value is -2.84. The highest BCUT2D eigenvalue weighted by Crippen LogP contribution is 2.38. The van der Waals surface area contributed by atoms with Crippen LogP contribution in [-0.2, 0) is 12.8 Å². The van der Waals surface area contributed by atoms with Gasteiger partial charge in [-0.1, -0.05) is 50.2 Å². The molecule has 0 aliphatic heterocycles. The Labute approximate surface area is 212 Å². The molecule has 1 heterocycles. The van der Waals surface area contributed by atoms with E-state index in [1.54, 1.807) is 7.11 Å². The minimum absolute atomic E-state index is 0.878. The molecule has 7 heteroatoms. The van der Waals surface area contributed by atoms with Crippen molar-refractivity contribution in [1.82, 2.24) is 0 Å². The lowest BCUT2D eigenvalue weighted by Crippen LogP contribution is -2.68. The molecule has 0 amide bonds. The second kappa shape index (κ2) is 12.2. The summed E-state index contributed by atoms with van der Waals surface area (Å²) in [5.41, 5.74) is 7.68. The van der Waals surface area contributed by atoms with Crippen molar-refractivity contribution in [2.45, 2.75) is 26.7 Å². The molecular weight excluding hydrogens is 484 g/mol. The quantitative estimate of drug-likeness (QED) is 0.370. The molecule has 0 radical (unpaired) electrons. The van der Waals surface area contributed by atoms with E-state index < -0.39 is 10.2 Å². The molecule has 35 heavy (non-hydrogen) atoms. The van der Waals surface area contributed by atoms with Crippen molar-refractivity contribution in [2.75, 3.05) is 7.11 Å². The maximum absolute atomic E-state index is 8.49. The monoisotopic (exact) mass is 510 g/mol. The number of hydrogen-bond acceptors (Lipinski definition) is 5. The number of hydrogen-bond donors (Lipinski definition) is 0. The van der Waals surface area contributed by atoms with Gasteiger partial charge in [0.15, 0.2) is 0 Å². The van der Waals surface area contributed by atoms with Crippen molar-refractivity contribution in [3.8, 4) is 37.8 Å². The normalized spacial score (nSPS) is 10.9. The first kappa shape index (κ1) is 26.8. The van der Waals surface area contributed by atoms with Gasteiger partial charge in [-0.2, -0.15) is 0 Å². The molecule has 0 atom stereocenters. The minimum atomic E-state index is -4.94. The molecule has 0 aliphatic rings. The zero-order valence-electron chi connectivity index (χ0n) is 19.8. The van der Waals surface area contributed by atoms with E-state index >= 15 is 0 Å². The Morgan fingerprint density at radius 2 is 0.971 bits per heavy atom. The zero-order valence-corrected chi connectivity index (χ0v) is 21.4. The van der Waals surface area contributed by atoms with E-state index in [4.69, 9.17) is 23.4 Å². The van der Waals surface area contributed by atoms with Crippen molar-refractivity contribution in [2.24, 2.45) is 0 Å². The molecule has 182 valence electrons. The lowest BCUT2D eigenvalue weighted by atomic mass is 10.0. The average Bonchev–Trinajstić information content (AvgIpc) is 2.87. The summed E-state index contributed by atoms with van der Waals surface area (Å²) in [4.78, 5) is 2.56. The molecule has 0 bridgehead atoms. The van der Waals surface area contributed by atoms with Crippen LogP contribution >= 0.6 is 11.3 Å². The first-order valence-electron chi connectivity index (χ1n) is 11.1. The van der Waals surface area contributed by atoms with Gasteiger partial charge in [-0.3, -0.25) is 0 Å². The molecule has 5 nitrogen and oxygen atoms in total. The number of benzene rings is 3. The molecule has 0 spiro atoms. The zero-order chi connectivity index (χ0) is 25.4. The molecule has 1 aromatic heterocycles. The third-order valence-electron chi connectivity index (χ3n) is 5.51. The van der Waals surface area contributed by atoms with Gasteiger partial charge in [0.05, 0.1) is 7.11 Å². The molecule has 4 aromatic rings. The lowest BCUT2D eigenvalue weighted by molar-refractivity contribution is -2.00. The van der Waals surface area contributed by atoms with Gasteiger partial charge in [-0.05, 0) is 71.5 Å². The molecule has 0 N–H and O–H groups in total. The summed E-state index contributed by atoms with van der Waals surface area (Å²) in [5, 5.41) is 0. The van der Waals surface area contributed by atoms with Crippen molar-refractivity contribution in [3.63, 3.8) is 0 Å². The van der Waals surface area contributed by atoms with Gasteiger partial charge in [0, 0.05) is 23.3 Å². The molecule has 3 aromatic carbocycles. The van der Waals surface area contributed by atoms with E-state index in [1.165, 1.54) is 43.1 Å². The van der Waals surface area contributed by atoms with Crippen LogP contribution in [-0.4, -0.2) is 7.11 Å². The van der Waals surface area contributed by atoms with Gasteiger partial charge in [0.1, 0.15) is 5.75 Å². The van der Waals surface area contributed by atoms with Crippen LogP contribution in [0.2, 0.25) is 0 Å². The van der Waals surface area contributed by atoms with Crippen LogP contribution in [0.15, 0.2) is 84.9 Å². The Bertz CT molecular complexity index is 1050. The summed E-state index contributed by atoms with van der Waals surface area (Å²) in [7, 11) is -3.24. The van der Waals surface area contributed by atoms with Crippen molar-refractivity contribution in [1.29, 1.82) is 0 Å². The van der Waals surface area contributed by atoms with E-state index in [1.807, 2.05) is 23.5 Å². The second-order valence-corrected chi connectivity index (χ2v) is 9.62. The Kier molecular flexibility index (Phi) is 9.34. The number of rotatable bonds is 6. The van der Waals surface area contributed by atoms with Gasteiger partial charge in [-0.25, -0.2) is 18.6 Å². The second-order valence-electron chi connectivity index (χ2n) is 7.78. The standard InChI is InChI=1S/C28H27OS.ClHO4/c1-4-20-6-10-23(11-7-20)27-18-25(22-14-16-26(29-3)17-15-22)19-28(30-27)24-12-8-21(5-2)9-13-24;2-1(3,4)5/h6-19H,4-5H2,1-3H3;(H,2,3,4,5)/q+1;/p-1. The Morgan fingerprint density at radius 3 is 1.31 bits per heavy atom. The SMILES string of the molecule is CCc1ccc(-c2cc(-c3ccc(OC)cc3)cc(-c3ccc(CC)cc3)[s+]2)cc1.[O-][Cl+3]([O-])([O-])[O-]. The van der Waals surface area contributed by atoms with Crippen molar-refractivity contribution >= 4 is 11.3 Å². The predicted octanol–water partition coefficient (Wildman–Crippen LogP) is 3.41. The fourth-order valence-electron chi connectivity index (χ4n) is 3.55. The number of ether oxygens (including phenoxy) is 1. The molecule has 0 fully saturated rings. The molecule has 0 aliphatic carbocycles. The Morgan fingerprint density at radius 1 is 0.600 bits per heavy atom. The molecule has 0 saturated heterocycles. The summed E-state index contributed by atoms with van der Waals surface area (Å²) in [6.45, 7) is 4.39. The van der Waals surface area contributed by atoms with E-state index in [0.29, 0.717) is 0 Å². The van der Waals surface area contributed by atoms with Gasteiger partial charge >= 0.3 is 0 Å². The maximum Gasteiger partial charge on any atom is 0.239 e. The maximum atomic E-state index is 8.49. The first-order valence-corrected chi connectivity index (χ1v) is 13.2. The van der Waals surface area contributed by atoms with Crippen LogP contribution < -0.4 is 23.4 Å². The van der Waals surface area contributed by atoms with Crippen LogP contribution in [0.25, 0.3) is 32.0 Å². The van der Waals surface area contributed by atoms with Crippen molar-refractivity contribution < 1.29 is 33.6 Å². The van der Waals surface area contributed by atoms with Crippen LogP contribution in [0, 0.1) is 10.2 Å². The van der Waals surface area contributed by atoms with Crippen LogP contribution in [0.1, 0.15) is 25.0 Å². The molecule has 0 saturated carbocycles. The predicted molar refractivity (Wildman–Crippen MR) is 130 cm³/mol. The highest BCUT2D eigenvalue weighted by atomic mass is 35.7. The smallest absolute Gasteiger partial charge is 0.239 e. The lowest BCUT2D eigenvalue weighted by Gasteiger charge is -2.17. The topological polar surface area (TPSA) is 101 Å². The van der Waals surface area contributed by atoms with Gasteiger partial charge in [-0.15, -0.1) is 10.2 Å².